The Morgan fingerprint density at radius 3 is 2.30 bits per heavy atom. The second-order valence-electron chi connectivity index (χ2n) is 6.61. The van der Waals surface area contributed by atoms with Crippen molar-refractivity contribution in [1.82, 2.24) is 9.97 Å². The highest BCUT2D eigenvalue weighted by molar-refractivity contribution is 6.30. The second kappa shape index (κ2) is 8.18. The Balaban J connectivity index is 1.66. The molecule has 0 atom stereocenters. The number of anilines is 3. The van der Waals surface area contributed by atoms with Gasteiger partial charge in [0.1, 0.15) is 0 Å². The number of nitrogens with one attached hydrogen (secondary N) is 2. The van der Waals surface area contributed by atoms with Crippen molar-refractivity contribution in [3.05, 3.63) is 76.6 Å². The molecule has 0 saturated heterocycles. The molecule has 1 heterocycles. The number of halogens is 1. The number of carbonyl (C=O) groups excluding carboxylic acids is 1. The largest absolute Gasteiger partial charge is 0.324 e. The summed E-state index contributed by atoms with van der Waals surface area (Å²) in [4.78, 5) is 20.8. The third-order valence-electron chi connectivity index (χ3n) is 4.18. The molecule has 1 amide bonds. The minimum Gasteiger partial charge on any atom is -0.324 e. The first kappa shape index (κ1) is 18.9. The maximum Gasteiger partial charge on any atom is 0.258 e. The van der Waals surface area contributed by atoms with E-state index in [1.54, 1.807) is 18.2 Å². The molecule has 3 rings (SSSR count). The van der Waals surface area contributed by atoms with Gasteiger partial charge < -0.3 is 10.6 Å². The highest BCUT2D eigenvalue weighted by Crippen LogP contribution is 2.21. The van der Waals surface area contributed by atoms with E-state index in [-0.39, 0.29) is 5.91 Å². The molecule has 0 aliphatic heterocycles. The van der Waals surface area contributed by atoms with Crippen LogP contribution in [0.4, 0.5) is 17.3 Å². The summed E-state index contributed by atoms with van der Waals surface area (Å²) in [5.41, 5.74) is 4.14. The molecule has 0 aliphatic carbocycles. The minimum absolute atomic E-state index is 0.270. The predicted molar refractivity (Wildman–Crippen MR) is 110 cm³/mol. The molecule has 6 heteroatoms. The SMILES string of the molecule is Cc1cc(Cl)ccc1NC(=O)c1cnc(Nc2ccc(C(C)C)cc2)nc1. The summed E-state index contributed by atoms with van der Waals surface area (Å²) in [5, 5.41) is 6.60. The quantitative estimate of drug-likeness (QED) is 0.608. The number of hydrogen-bond acceptors (Lipinski definition) is 4. The van der Waals surface area contributed by atoms with Crippen LogP contribution in [0.5, 0.6) is 0 Å². The Hall–Kier alpha value is -2.92. The zero-order chi connectivity index (χ0) is 19.4. The summed E-state index contributed by atoms with van der Waals surface area (Å²) in [5.74, 6) is 0.650. The zero-order valence-corrected chi connectivity index (χ0v) is 16.2. The van der Waals surface area contributed by atoms with Crippen LogP contribution in [0, 0.1) is 6.92 Å². The fourth-order valence-electron chi connectivity index (χ4n) is 2.55. The Kier molecular flexibility index (Phi) is 5.72. The van der Waals surface area contributed by atoms with Crippen LogP contribution >= 0.6 is 11.6 Å². The van der Waals surface area contributed by atoms with Gasteiger partial charge in [0.15, 0.2) is 0 Å². The third kappa shape index (κ3) is 4.83. The highest BCUT2D eigenvalue weighted by Gasteiger charge is 2.10. The highest BCUT2D eigenvalue weighted by atomic mass is 35.5. The molecule has 5 nitrogen and oxygen atoms in total. The normalized spacial score (nSPS) is 10.7. The van der Waals surface area contributed by atoms with Crippen LogP contribution < -0.4 is 10.6 Å². The molecule has 0 radical (unpaired) electrons. The maximum absolute atomic E-state index is 12.4. The van der Waals surface area contributed by atoms with Gasteiger partial charge in [0.25, 0.3) is 5.91 Å². The van der Waals surface area contributed by atoms with E-state index in [1.165, 1.54) is 18.0 Å². The molecule has 0 saturated carbocycles. The summed E-state index contributed by atoms with van der Waals surface area (Å²) < 4.78 is 0. The monoisotopic (exact) mass is 380 g/mol. The van der Waals surface area contributed by atoms with Gasteiger partial charge >= 0.3 is 0 Å². The van der Waals surface area contributed by atoms with Gasteiger partial charge in [-0.1, -0.05) is 37.6 Å². The molecule has 138 valence electrons. The smallest absolute Gasteiger partial charge is 0.258 e. The standard InChI is InChI=1S/C21H21ClN4O/c1-13(2)15-4-7-18(8-5-15)25-21-23-11-16(12-24-21)20(27)26-19-9-6-17(22)10-14(19)3/h4-13H,1-3H3,(H,26,27)(H,23,24,25). The van der Waals surface area contributed by atoms with E-state index >= 15 is 0 Å². The molecular formula is C21H21ClN4O. The van der Waals surface area contributed by atoms with Gasteiger partial charge in [-0.2, -0.15) is 0 Å². The first-order chi connectivity index (χ1) is 12.9. The van der Waals surface area contributed by atoms with Gasteiger partial charge in [-0.25, -0.2) is 9.97 Å². The fraction of sp³-hybridized carbons (Fsp3) is 0.190. The number of aryl methyl sites for hydroxylation is 1. The second-order valence-corrected chi connectivity index (χ2v) is 7.05. The van der Waals surface area contributed by atoms with Crippen molar-refractivity contribution in [2.75, 3.05) is 10.6 Å². The third-order valence-corrected chi connectivity index (χ3v) is 4.42. The lowest BCUT2D eigenvalue weighted by Crippen LogP contribution is -2.13. The molecule has 0 bridgehead atoms. The van der Waals surface area contributed by atoms with Crippen LogP contribution in [-0.4, -0.2) is 15.9 Å². The molecule has 3 aromatic rings. The summed E-state index contributed by atoms with van der Waals surface area (Å²) >= 11 is 5.94. The van der Waals surface area contributed by atoms with Crippen molar-refractivity contribution in [3.8, 4) is 0 Å². The van der Waals surface area contributed by atoms with Crippen LogP contribution in [0.1, 0.15) is 41.3 Å². The first-order valence-corrected chi connectivity index (χ1v) is 9.06. The predicted octanol–water partition coefficient (Wildman–Crippen LogP) is 5.56. The Bertz CT molecular complexity index is 937. The summed E-state index contributed by atoms with van der Waals surface area (Å²) in [6.45, 7) is 6.19. The van der Waals surface area contributed by atoms with Crippen molar-refractivity contribution < 1.29 is 4.79 Å². The Labute approximate surface area is 163 Å². The number of nitrogens with zero attached hydrogens (tertiary/aromatic N) is 2. The van der Waals surface area contributed by atoms with E-state index < -0.39 is 0 Å². The van der Waals surface area contributed by atoms with Crippen molar-refractivity contribution >= 4 is 34.8 Å². The van der Waals surface area contributed by atoms with Crippen LogP contribution in [0.2, 0.25) is 5.02 Å². The van der Waals surface area contributed by atoms with Gasteiger partial charge in [-0.05, 0) is 54.3 Å². The van der Waals surface area contributed by atoms with Crippen LogP contribution in [-0.2, 0) is 0 Å². The number of rotatable bonds is 5. The maximum atomic E-state index is 12.4. The van der Waals surface area contributed by atoms with Crippen molar-refractivity contribution in [3.63, 3.8) is 0 Å². The van der Waals surface area contributed by atoms with Crippen LogP contribution in [0.15, 0.2) is 54.9 Å². The number of benzene rings is 2. The molecule has 0 unspecified atom stereocenters. The average Bonchev–Trinajstić information content (AvgIpc) is 2.65. The van der Waals surface area contributed by atoms with Crippen LogP contribution in [0.3, 0.4) is 0 Å². The number of carbonyl (C=O) groups is 1. The minimum atomic E-state index is -0.270. The van der Waals surface area contributed by atoms with E-state index in [2.05, 4.69) is 46.6 Å². The van der Waals surface area contributed by atoms with Gasteiger partial charge in [0.2, 0.25) is 5.95 Å². The van der Waals surface area contributed by atoms with E-state index in [1.807, 2.05) is 19.1 Å². The summed E-state index contributed by atoms with van der Waals surface area (Å²) in [6.07, 6.45) is 3.00. The number of aromatic nitrogens is 2. The van der Waals surface area contributed by atoms with E-state index in [9.17, 15) is 4.79 Å². The van der Waals surface area contributed by atoms with Gasteiger partial charge in [-0.15, -0.1) is 0 Å². The number of amides is 1. The molecular weight excluding hydrogens is 360 g/mol. The zero-order valence-electron chi connectivity index (χ0n) is 15.5. The first-order valence-electron chi connectivity index (χ1n) is 8.69. The van der Waals surface area contributed by atoms with Crippen molar-refractivity contribution in [1.29, 1.82) is 0 Å². The van der Waals surface area contributed by atoms with Gasteiger partial charge in [-0.3, -0.25) is 4.79 Å². The topological polar surface area (TPSA) is 66.9 Å². The van der Waals surface area contributed by atoms with Gasteiger partial charge in [0.05, 0.1) is 5.56 Å². The Morgan fingerprint density at radius 2 is 1.70 bits per heavy atom. The Morgan fingerprint density at radius 1 is 1.04 bits per heavy atom. The van der Waals surface area contributed by atoms with Crippen molar-refractivity contribution in [2.45, 2.75) is 26.7 Å². The van der Waals surface area contributed by atoms with Crippen LogP contribution in [0.25, 0.3) is 0 Å². The lowest BCUT2D eigenvalue weighted by molar-refractivity contribution is 0.102. The molecule has 2 N–H and O–H groups in total. The molecule has 1 aromatic heterocycles. The molecule has 0 aliphatic rings. The van der Waals surface area contributed by atoms with E-state index in [0.29, 0.717) is 28.1 Å². The molecule has 2 aromatic carbocycles. The lowest BCUT2D eigenvalue weighted by Gasteiger charge is -2.10. The molecule has 0 fully saturated rings. The summed E-state index contributed by atoms with van der Waals surface area (Å²) in [7, 11) is 0. The van der Waals surface area contributed by atoms with Gasteiger partial charge in [0, 0.05) is 28.8 Å². The fourth-order valence-corrected chi connectivity index (χ4v) is 2.78. The van der Waals surface area contributed by atoms with E-state index in [4.69, 9.17) is 11.6 Å². The summed E-state index contributed by atoms with van der Waals surface area (Å²) in [6, 6.07) is 13.4. The average molecular weight is 381 g/mol. The van der Waals surface area contributed by atoms with Crippen molar-refractivity contribution in [2.24, 2.45) is 0 Å². The number of hydrogen-bond donors (Lipinski definition) is 2. The lowest BCUT2D eigenvalue weighted by atomic mass is 10.0. The van der Waals surface area contributed by atoms with E-state index in [0.717, 1.165) is 11.3 Å². The molecule has 27 heavy (non-hydrogen) atoms. The molecule has 0 spiro atoms.